The van der Waals surface area contributed by atoms with Gasteiger partial charge >= 0.3 is 7.67 Å². The van der Waals surface area contributed by atoms with Crippen LogP contribution in [0, 0.1) is 0 Å². The van der Waals surface area contributed by atoms with Crippen LogP contribution in [0.25, 0.3) is 0 Å². The number of ether oxygens (including phenoxy) is 2. The number of carbonyl (C=O) groups is 4. The summed E-state index contributed by atoms with van der Waals surface area (Å²) in [4.78, 5) is 54.8. The molecule has 0 bridgehead atoms. The number of nitrogens with one attached hydrogen (secondary N) is 1. The summed E-state index contributed by atoms with van der Waals surface area (Å²) in [5.74, 6) is -1.23. The molecule has 0 saturated carbocycles. The molecule has 2 heterocycles. The molecule has 0 radical (unpaired) electrons. The molecule has 0 atom stereocenters. The lowest BCUT2D eigenvalue weighted by molar-refractivity contribution is -0.306. The van der Waals surface area contributed by atoms with Crippen LogP contribution in [0.3, 0.4) is 0 Å². The van der Waals surface area contributed by atoms with Crippen LogP contribution in [0.1, 0.15) is 116 Å². The van der Waals surface area contributed by atoms with E-state index in [1.165, 1.54) is 37.0 Å². The van der Waals surface area contributed by atoms with Gasteiger partial charge < -0.3 is 29.0 Å². The summed E-state index contributed by atoms with van der Waals surface area (Å²) in [6.07, 6.45) is 2.36. The monoisotopic (exact) mass is 1210 g/mol. The molecule has 17 nitrogen and oxygen atoms in total. The first-order valence-electron chi connectivity index (χ1n) is 20.6. The van der Waals surface area contributed by atoms with Gasteiger partial charge in [-0.15, -0.1) is 17.0 Å². The van der Waals surface area contributed by atoms with Crippen molar-refractivity contribution in [3.8, 4) is 0 Å². The first kappa shape index (κ1) is 68.4. The van der Waals surface area contributed by atoms with Crippen LogP contribution in [0.5, 0.6) is 0 Å². The molecule has 4 rings (SSSR count). The fourth-order valence-corrected chi connectivity index (χ4v) is 10.1. The van der Waals surface area contributed by atoms with Gasteiger partial charge in [-0.3, -0.25) is 38.4 Å². The molecule has 0 amide bonds. The van der Waals surface area contributed by atoms with Crippen LogP contribution in [0.15, 0.2) is 35.8 Å². The molecule has 0 fully saturated rings. The number of halogens is 4. The summed E-state index contributed by atoms with van der Waals surface area (Å²) >= 11 is 9.97. The number of ketones is 4. The highest BCUT2D eigenvalue weighted by Gasteiger charge is 2.36. The number of hydrogen-bond donors (Lipinski definition) is 3. The molecule has 0 saturated heterocycles. The number of aromatic nitrogens is 2. The minimum absolute atomic E-state index is 0. The molecule has 2 aromatic heterocycles. The number of methoxy groups -OCH3 is 2. The highest BCUT2D eigenvalue weighted by atomic mass is 79.9. The van der Waals surface area contributed by atoms with Gasteiger partial charge in [-0.1, -0.05) is 62.1 Å². The Morgan fingerprint density at radius 3 is 1.42 bits per heavy atom. The van der Waals surface area contributed by atoms with Gasteiger partial charge in [-0.2, -0.15) is 0 Å². The maximum atomic E-state index is 13.6. The van der Waals surface area contributed by atoms with Crippen LogP contribution in [0.4, 0.5) is 0 Å². The molecule has 66 heavy (non-hydrogen) atoms. The number of fused-ring (bicyclic) bond motifs is 2. The quantitative estimate of drug-likeness (QED) is 0.0588. The predicted molar refractivity (Wildman–Crippen MR) is 280 cm³/mol. The van der Waals surface area contributed by atoms with Crippen LogP contribution in [-0.4, -0.2) is 152 Å². The maximum Gasteiger partial charge on any atom is 0.345 e. The number of allylic oxidation sites excluding steroid dienone is 4. The summed E-state index contributed by atoms with van der Waals surface area (Å²) in [7, 11) is 8.14. The van der Waals surface area contributed by atoms with Crippen molar-refractivity contribution in [3.63, 3.8) is 0 Å². The fraction of sp³-hybridized carbons (Fsp3) is 0.636. The van der Waals surface area contributed by atoms with Crippen LogP contribution in [0.2, 0.25) is 0 Å². The van der Waals surface area contributed by atoms with Crippen LogP contribution in [-0.2, 0) is 50.8 Å². The predicted octanol–water partition coefficient (Wildman–Crippen LogP) is 8.85. The highest BCUT2D eigenvalue weighted by molar-refractivity contribution is 9.09. The first-order chi connectivity index (χ1) is 29.9. The second-order valence-corrected chi connectivity index (χ2v) is 20.8. The Bertz CT molecular complexity index is 1900. The van der Waals surface area contributed by atoms with E-state index in [2.05, 4.69) is 97.5 Å². The van der Waals surface area contributed by atoms with E-state index in [4.69, 9.17) is 24.4 Å². The normalized spacial score (nSPS) is 13.2. The number of nitrogens with zero attached hydrogens (tertiary/aromatic N) is 5. The van der Waals surface area contributed by atoms with Crippen LogP contribution >= 0.6 is 72.4 Å². The average Bonchev–Trinajstić information content (AvgIpc) is 3.77. The van der Waals surface area contributed by atoms with Gasteiger partial charge in [0.05, 0.1) is 44.2 Å². The Morgan fingerprint density at radius 2 is 1.17 bits per heavy atom. The molecule has 2 aliphatic carbocycles. The van der Waals surface area contributed by atoms with E-state index in [1.54, 1.807) is 68.9 Å². The maximum absolute atomic E-state index is 13.6. The summed E-state index contributed by atoms with van der Waals surface area (Å²) in [6.45, 7) is 19.5. The Kier molecular flexibility index (Phi) is 34.9. The second-order valence-electron chi connectivity index (χ2n) is 15.8. The third-order valence-electron chi connectivity index (χ3n) is 9.56. The number of aliphatic hydroxyl groups excluding tert-OH is 1. The van der Waals surface area contributed by atoms with Gasteiger partial charge in [-0.25, -0.2) is 14.2 Å². The van der Waals surface area contributed by atoms with Gasteiger partial charge in [0.1, 0.15) is 11.4 Å². The summed E-state index contributed by atoms with van der Waals surface area (Å²) < 4.78 is 35.8. The van der Waals surface area contributed by atoms with E-state index in [0.717, 1.165) is 18.4 Å². The molecule has 382 valence electrons. The van der Waals surface area contributed by atoms with Crippen molar-refractivity contribution >= 4 is 95.6 Å². The smallest absolute Gasteiger partial charge is 0.345 e. The minimum Gasteiger partial charge on any atom is -0.492 e. The van der Waals surface area contributed by atoms with E-state index < -0.39 is 13.3 Å². The van der Waals surface area contributed by atoms with E-state index >= 15 is 0 Å². The zero-order valence-corrected chi connectivity index (χ0v) is 48.0. The van der Waals surface area contributed by atoms with Crippen LogP contribution < -0.4 is 5.32 Å². The number of alkyl halides is 3. The Hall–Kier alpha value is -1.85. The molecule has 0 spiro atoms. The Balaban J connectivity index is -0.000000877. The molecule has 0 aliphatic heterocycles. The molecule has 3 N–H and O–H groups in total. The van der Waals surface area contributed by atoms with Gasteiger partial charge in [0.25, 0.3) is 0 Å². The van der Waals surface area contributed by atoms with Crippen molar-refractivity contribution in [2.24, 2.45) is 14.1 Å². The molecule has 0 unspecified atom stereocenters. The molecule has 22 heteroatoms. The van der Waals surface area contributed by atoms with Gasteiger partial charge in [0.15, 0.2) is 11.5 Å². The Morgan fingerprint density at radius 1 is 0.788 bits per heavy atom. The number of aliphatic hydroxyl groups is 1. The van der Waals surface area contributed by atoms with Crippen molar-refractivity contribution in [3.05, 3.63) is 69.7 Å². The zero-order valence-electron chi connectivity index (χ0n) is 40.6. The minimum atomic E-state index is -3.29. The zero-order chi connectivity index (χ0) is 49.7. The second kappa shape index (κ2) is 33.6. The van der Waals surface area contributed by atoms with E-state index in [0.29, 0.717) is 52.9 Å². The van der Waals surface area contributed by atoms with Gasteiger partial charge in [0, 0.05) is 85.3 Å². The third-order valence-corrected chi connectivity index (χ3v) is 13.3. The van der Waals surface area contributed by atoms with Crippen molar-refractivity contribution < 1.29 is 53.0 Å². The third kappa shape index (κ3) is 20.2. The summed E-state index contributed by atoms with van der Waals surface area (Å²) in [5.41, 5.74) is 1.84. The van der Waals surface area contributed by atoms with Gasteiger partial charge in [-0.05, 0) is 88.3 Å². The van der Waals surface area contributed by atoms with Gasteiger partial charge in [0.2, 0.25) is 23.1 Å². The Labute approximate surface area is 429 Å². The number of hydrogen-bond acceptors (Lipinski definition) is 13. The highest BCUT2D eigenvalue weighted by Crippen LogP contribution is 2.53. The SMILES string of the molecule is Br.C.CC(C)(C)OO.CCN(C(C)C)C(C)C.CNCCBr.COC1=CC(=O)c2c(cc(CO)n2C)C1=O.COC1=CC(=O)c2c(cc(COP(=O)(N(C)CCBr)N(C)CCBr)n2C)C1=O. The van der Waals surface area contributed by atoms with E-state index in [9.17, 15) is 23.7 Å². The van der Waals surface area contributed by atoms with Crippen molar-refractivity contribution in [1.82, 2.24) is 28.7 Å². The number of Topliss-reactive ketones (excluding diaryl/α,β-unsaturated/α-hetero) is 2. The first-order valence-corrected chi connectivity index (χ1v) is 25.5. The lowest BCUT2D eigenvalue weighted by Crippen LogP contribution is -2.36. The van der Waals surface area contributed by atoms with Crippen molar-refractivity contribution in [1.29, 1.82) is 0 Å². The largest absolute Gasteiger partial charge is 0.492 e. The summed E-state index contributed by atoms with van der Waals surface area (Å²) in [5, 5.41) is 22.3. The van der Waals surface area contributed by atoms with E-state index in [1.807, 2.05) is 7.05 Å². The molecule has 2 aromatic rings. The lowest BCUT2D eigenvalue weighted by Gasteiger charge is -2.33. The molecule has 2 aliphatic rings. The summed E-state index contributed by atoms with van der Waals surface area (Å²) in [6, 6.07) is 4.49. The fourth-order valence-electron chi connectivity index (χ4n) is 6.15. The molecular formula is C44H77Br4N6O11P. The number of rotatable bonds is 17. The van der Waals surface area contributed by atoms with E-state index in [-0.39, 0.29) is 89.1 Å². The number of carbonyl (C=O) groups excluding carboxylic acids is 4. The van der Waals surface area contributed by atoms with Crippen molar-refractivity contribution in [2.45, 2.75) is 93.7 Å². The molecule has 0 aromatic carbocycles. The van der Waals surface area contributed by atoms with Crippen molar-refractivity contribution in [2.75, 3.05) is 77.5 Å². The lowest BCUT2D eigenvalue weighted by atomic mass is 10.0. The standard InChI is InChI=1S/C17H24Br2N3O5P.C11H11NO4.C8H19N.C4H10O2.C3H8BrN.CH4.BrH/c1-20(7-5-18)28(25,21(2)8-6-19)27-11-12-9-13-16(22(12)3)14(23)10-15(26-4)17(13)24;1-12-6(5-13)3-7-10(12)8(14)4-9(16-2)11(7)15;1-6-9(7(2)3)8(4)5;1-4(2,3)6-5;1-5-3-2-4;;/h9-10H,5-8,11H2,1-4H3;3-4,13H,5H2,1-2H3;7-8H,6H2,1-5H3;5H,1-3H3;5H,2-3H2,1H3;1H4;1H. The molecular weight excluding hydrogens is 1140 g/mol. The topological polar surface area (TPSA) is 194 Å². The average molecular weight is 1220 g/mol.